The zero-order chi connectivity index (χ0) is 9.14. The lowest BCUT2D eigenvalue weighted by Gasteiger charge is -1.97. The fraction of sp³-hybridized carbons (Fsp3) is 0.125. The Bertz CT molecular complexity index is 334. The van der Waals surface area contributed by atoms with E-state index in [9.17, 15) is 9.70 Å². The lowest BCUT2D eigenvalue weighted by atomic mass is 10.1. The number of nitrogens with zero attached hydrogens (tertiary/aromatic N) is 1. The minimum absolute atomic E-state index is 0.226. The van der Waals surface area contributed by atoms with Gasteiger partial charge in [0, 0.05) is 5.56 Å². The van der Waals surface area contributed by atoms with Crippen molar-refractivity contribution in [2.24, 2.45) is 10.9 Å². The van der Waals surface area contributed by atoms with Gasteiger partial charge in [-0.3, -0.25) is 4.79 Å². The van der Waals surface area contributed by atoms with Crippen molar-refractivity contribution in [3.8, 4) is 0 Å². The number of amides is 1. The van der Waals surface area contributed by atoms with E-state index >= 15 is 0 Å². The van der Waals surface area contributed by atoms with Gasteiger partial charge in [0.05, 0.1) is 0 Å². The second kappa shape index (κ2) is 3.13. The van der Waals surface area contributed by atoms with Crippen LogP contribution in [0.1, 0.15) is 15.9 Å². The molecular weight excluding hydrogens is 156 g/mol. The van der Waals surface area contributed by atoms with Gasteiger partial charge in [-0.1, -0.05) is 0 Å². The van der Waals surface area contributed by atoms with E-state index < -0.39 is 5.91 Å². The van der Waals surface area contributed by atoms with Crippen LogP contribution in [-0.4, -0.2) is 5.91 Å². The number of rotatable bonds is 2. The molecule has 0 saturated heterocycles. The first kappa shape index (κ1) is 8.39. The number of benzene rings is 1. The molecule has 0 unspecified atom stereocenters. The van der Waals surface area contributed by atoms with Gasteiger partial charge in [-0.15, -0.1) is 4.91 Å². The lowest BCUT2D eigenvalue weighted by Crippen LogP contribution is -2.10. The first-order valence-corrected chi connectivity index (χ1v) is 3.38. The molecule has 0 aliphatic carbocycles. The van der Waals surface area contributed by atoms with Crippen LogP contribution in [0.5, 0.6) is 0 Å². The normalized spacial score (nSPS) is 9.42. The summed E-state index contributed by atoms with van der Waals surface area (Å²) < 4.78 is 0. The SMILES string of the molecule is Cc1cc(N=O)cc(C(N)=O)c1. The van der Waals surface area contributed by atoms with Crippen LogP contribution in [-0.2, 0) is 0 Å². The predicted molar refractivity (Wildman–Crippen MR) is 45.2 cm³/mol. The van der Waals surface area contributed by atoms with Gasteiger partial charge in [0.25, 0.3) is 0 Å². The fourth-order valence-corrected chi connectivity index (χ4v) is 0.958. The van der Waals surface area contributed by atoms with Gasteiger partial charge in [-0.2, -0.15) is 0 Å². The molecule has 1 aromatic carbocycles. The monoisotopic (exact) mass is 164 g/mol. The van der Waals surface area contributed by atoms with Crippen LogP contribution >= 0.6 is 0 Å². The van der Waals surface area contributed by atoms with Crippen LogP contribution in [0.4, 0.5) is 5.69 Å². The number of aryl methyl sites for hydroxylation is 1. The molecule has 0 fully saturated rings. The third-order valence-corrected chi connectivity index (χ3v) is 1.45. The van der Waals surface area contributed by atoms with Crippen LogP contribution in [0.2, 0.25) is 0 Å². The van der Waals surface area contributed by atoms with E-state index in [4.69, 9.17) is 5.73 Å². The van der Waals surface area contributed by atoms with Crippen molar-refractivity contribution in [3.05, 3.63) is 34.2 Å². The van der Waals surface area contributed by atoms with E-state index in [0.29, 0.717) is 5.56 Å². The molecule has 1 amide bonds. The molecule has 0 aliphatic rings. The third kappa shape index (κ3) is 1.66. The van der Waals surface area contributed by atoms with Crippen molar-refractivity contribution in [3.63, 3.8) is 0 Å². The van der Waals surface area contributed by atoms with Gasteiger partial charge in [0.2, 0.25) is 5.91 Å². The summed E-state index contributed by atoms with van der Waals surface area (Å²) in [5.74, 6) is -0.552. The summed E-state index contributed by atoms with van der Waals surface area (Å²) >= 11 is 0. The summed E-state index contributed by atoms with van der Waals surface area (Å²) in [6, 6.07) is 4.55. The maximum Gasteiger partial charge on any atom is 0.248 e. The summed E-state index contributed by atoms with van der Waals surface area (Å²) in [5.41, 5.74) is 6.35. The Balaban J connectivity index is 3.23. The molecule has 1 rings (SSSR count). The van der Waals surface area contributed by atoms with Crippen molar-refractivity contribution in [1.82, 2.24) is 0 Å². The first-order valence-electron chi connectivity index (χ1n) is 3.38. The molecule has 0 atom stereocenters. The Morgan fingerprint density at radius 3 is 2.58 bits per heavy atom. The quantitative estimate of drug-likeness (QED) is 0.672. The molecule has 2 N–H and O–H groups in total. The highest BCUT2D eigenvalue weighted by Crippen LogP contribution is 2.16. The van der Waals surface area contributed by atoms with E-state index in [1.807, 2.05) is 0 Å². The van der Waals surface area contributed by atoms with Gasteiger partial charge in [0.1, 0.15) is 5.69 Å². The number of primary amides is 1. The molecule has 0 heterocycles. The number of hydrogen-bond acceptors (Lipinski definition) is 3. The van der Waals surface area contributed by atoms with Crippen LogP contribution in [0.25, 0.3) is 0 Å². The Labute approximate surface area is 69.4 Å². The molecular formula is C8H8N2O2. The van der Waals surface area contributed by atoms with E-state index in [2.05, 4.69) is 5.18 Å². The highest BCUT2D eigenvalue weighted by molar-refractivity contribution is 5.93. The summed E-state index contributed by atoms with van der Waals surface area (Å²) in [7, 11) is 0. The van der Waals surface area contributed by atoms with Crippen LogP contribution in [0, 0.1) is 11.8 Å². The molecule has 4 nitrogen and oxygen atoms in total. The second-order valence-electron chi connectivity index (χ2n) is 2.51. The van der Waals surface area contributed by atoms with Crippen LogP contribution in [0.15, 0.2) is 23.4 Å². The van der Waals surface area contributed by atoms with Crippen LogP contribution in [0.3, 0.4) is 0 Å². The maximum atomic E-state index is 10.7. The Hall–Kier alpha value is -1.71. The van der Waals surface area contributed by atoms with E-state index in [1.54, 1.807) is 19.1 Å². The van der Waals surface area contributed by atoms with Gasteiger partial charge in [0.15, 0.2) is 0 Å². The van der Waals surface area contributed by atoms with E-state index in [-0.39, 0.29) is 5.69 Å². The molecule has 0 bridgehead atoms. The smallest absolute Gasteiger partial charge is 0.248 e. The third-order valence-electron chi connectivity index (χ3n) is 1.45. The number of carbonyl (C=O) groups excluding carboxylic acids is 1. The fourth-order valence-electron chi connectivity index (χ4n) is 0.958. The molecule has 0 aromatic heterocycles. The predicted octanol–water partition coefficient (Wildman–Crippen LogP) is 1.49. The molecule has 4 heteroatoms. The van der Waals surface area contributed by atoms with Gasteiger partial charge in [-0.05, 0) is 35.9 Å². The lowest BCUT2D eigenvalue weighted by molar-refractivity contribution is 0.1000. The molecule has 0 radical (unpaired) electrons. The van der Waals surface area contributed by atoms with E-state index in [1.165, 1.54) is 6.07 Å². The molecule has 62 valence electrons. The summed E-state index contributed by atoms with van der Waals surface area (Å²) in [5, 5.41) is 2.72. The summed E-state index contributed by atoms with van der Waals surface area (Å²) in [4.78, 5) is 20.8. The highest BCUT2D eigenvalue weighted by Gasteiger charge is 2.02. The minimum Gasteiger partial charge on any atom is -0.366 e. The van der Waals surface area contributed by atoms with Crippen LogP contribution < -0.4 is 5.73 Å². The highest BCUT2D eigenvalue weighted by atomic mass is 16.3. The van der Waals surface area contributed by atoms with Crippen molar-refractivity contribution < 1.29 is 4.79 Å². The maximum absolute atomic E-state index is 10.7. The minimum atomic E-state index is -0.552. The first-order chi connectivity index (χ1) is 5.63. The Kier molecular flexibility index (Phi) is 2.19. The molecule has 0 saturated carbocycles. The average molecular weight is 164 g/mol. The number of carbonyl (C=O) groups is 1. The zero-order valence-electron chi connectivity index (χ0n) is 6.57. The Morgan fingerprint density at radius 2 is 2.08 bits per heavy atom. The van der Waals surface area contributed by atoms with Crippen molar-refractivity contribution in [1.29, 1.82) is 0 Å². The molecule has 0 spiro atoms. The topological polar surface area (TPSA) is 72.5 Å². The molecule has 0 aliphatic heterocycles. The largest absolute Gasteiger partial charge is 0.366 e. The number of hydrogen-bond donors (Lipinski definition) is 1. The molecule has 1 aromatic rings. The standard InChI is InChI=1S/C8H8N2O2/c1-5-2-6(8(9)11)4-7(3-5)10-12/h2-4H,1H3,(H2,9,11). The average Bonchev–Trinajstić information content (AvgIpc) is 2.03. The second-order valence-corrected chi connectivity index (χ2v) is 2.51. The van der Waals surface area contributed by atoms with E-state index in [0.717, 1.165) is 5.56 Å². The summed E-state index contributed by atoms with van der Waals surface area (Å²) in [6.45, 7) is 1.76. The Morgan fingerprint density at radius 1 is 1.42 bits per heavy atom. The van der Waals surface area contributed by atoms with Gasteiger partial charge in [-0.25, -0.2) is 0 Å². The van der Waals surface area contributed by atoms with Gasteiger partial charge >= 0.3 is 0 Å². The number of nitrogens with two attached hydrogens (primary N) is 1. The summed E-state index contributed by atoms with van der Waals surface area (Å²) in [6.07, 6.45) is 0. The van der Waals surface area contributed by atoms with Gasteiger partial charge < -0.3 is 5.73 Å². The van der Waals surface area contributed by atoms with Crippen molar-refractivity contribution in [2.75, 3.05) is 0 Å². The molecule has 12 heavy (non-hydrogen) atoms. The number of nitroso groups, excluding NO2 is 1. The van der Waals surface area contributed by atoms with Crippen molar-refractivity contribution >= 4 is 11.6 Å². The zero-order valence-corrected chi connectivity index (χ0v) is 6.57. The van der Waals surface area contributed by atoms with Crippen molar-refractivity contribution in [2.45, 2.75) is 6.92 Å².